The first-order valence-corrected chi connectivity index (χ1v) is 14.4. The molecule has 0 saturated heterocycles. The number of benzene rings is 2. The van der Waals surface area contributed by atoms with Crippen molar-refractivity contribution in [3.8, 4) is 0 Å². The van der Waals surface area contributed by atoms with Crippen molar-refractivity contribution < 1.29 is 64.4 Å². The van der Waals surface area contributed by atoms with Gasteiger partial charge in [-0.15, -0.1) is 0 Å². The summed E-state index contributed by atoms with van der Waals surface area (Å²) in [6.45, 7) is 4.45. The minimum absolute atomic E-state index is 0. The first-order chi connectivity index (χ1) is 15.5. The van der Waals surface area contributed by atoms with Gasteiger partial charge in [0.15, 0.2) is 0 Å². The Labute approximate surface area is 245 Å². The molecule has 0 atom stereocenters. The molecule has 0 fully saturated rings. The van der Waals surface area contributed by atoms with E-state index in [1.54, 1.807) is 6.07 Å². The van der Waals surface area contributed by atoms with Crippen LogP contribution in [-0.4, -0.2) is 13.0 Å². The van der Waals surface area contributed by atoms with Gasteiger partial charge in [-0.05, 0) is 59.7 Å². The second-order valence-corrected chi connectivity index (χ2v) is 10.6. The summed E-state index contributed by atoms with van der Waals surface area (Å²) in [5.41, 5.74) is 1.84. The number of hydrogen-bond acceptors (Lipinski definition) is 3. The summed E-state index contributed by atoms with van der Waals surface area (Å²) in [7, 11) is -4.48. The molecule has 0 saturated carbocycles. The van der Waals surface area contributed by atoms with Crippen LogP contribution in [-0.2, 0) is 23.0 Å². The summed E-state index contributed by atoms with van der Waals surface area (Å²) in [5, 5.41) is 1.98. The molecule has 0 N–H and O–H groups in total. The summed E-state index contributed by atoms with van der Waals surface area (Å²) in [4.78, 5) is -0.0111. The molecule has 3 nitrogen and oxygen atoms in total. The van der Waals surface area contributed by atoms with Crippen molar-refractivity contribution in [2.24, 2.45) is 0 Å². The number of hydrogen-bond donors (Lipinski definition) is 0. The van der Waals surface area contributed by atoms with Gasteiger partial charge in [-0.3, -0.25) is 0 Å². The van der Waals surface area contributed by atoms with E-state index < -0.39 is 10.1 Å². The van der Waals surface area contributed by atoms with Crippen LogP contribution < -0.4 is 51.4 Å². The predicted octanol–water partition coefficient (Wildman–Crippen LogP) is 5.33. The summed E-state index contributed by atoms with van der Waals surface area (Å²) >= 11 is 0. The average Bonchev–Trinajstić information content (AvgIpc) is 2.76. The Hall–Kier alpha value is 0.246. The van der Waals surface area contributed by atoms with Gasteiger partial charge in [0.05, 0.1) is 4.90 Å². The summed E-state index contributed by atoms with van der Waals surface area (Å²) in [5.74, 6) is 0. The van der Waals surface area contributed by atoms with Gasteiger partial charge in [-0.1, -0.05) is 109 Å². The summed E-state index contributed by atoms with van der Waals surface area (Å²) in [6, 6.07) is 9.79. The van der Waals surface area contributed by atoms with Gasteiger partial charge in [0, 0.05) is 0 Å². The van der Waals surface area contributed by atoms with E-state index in [2.05, 4.69) is 26.0 Å². The molecule has 0 aliphatic carbocycles. The maximum atomic E-state index is 12.0. The zero-order valence-electron chi connectivity index (χ0n) is 21.3. The van der Waals surface area contributed by atoms with Gasteiger partial charge < -0.3 is 4.55 Å². The molecule has 2 rings (SSSR count). The fraction of sp³-hybridized carbons (Fsp3) is 0.643. The third kappa shape index (κ3) is 11.7. The zero-order valence-corrected chi connectivity index (χ0v) is 25.3. The Morgan fingerprint density at radius 3 is 1.67 bits per heavy atom. The molecule has 33 heavy (non-hydrogen) atoms. The van der Waals surface area contributed by atoms with E-state index in [0.29, 0.717) is 12.0 Å². The van der Waals surface area contributed by atoms with E-state index in [0.717, 1.165) is 42.0 Å². The molecule has 0 aromatic heterocycles. The Bertz CT molecular complexity index is 909. The average molecular weight is 499 g/mol. The van der Waals surface area contributed by atoms with E-state index in [-0.39, 0.29) is 56.3 Å². The molecule has 0 aliphatic rings. The largest absolute Gasteiger partial charge is 1.00 e. The molecule has 0 spiro atoms. The normalized spacial score (nSPS) is 11.6. The monoisotopic (exact) mass is 498 g/mol. The van der Waals surface area contributed by atoms with Crippen molar-refractivity contribution in [2.45, 2.75) is 121 Å². The van der Waals surface area contributed by atoms with Gasteiger partial charge in [-0.25, -0.2) is 8.42 Å². The van der Waals surface area contributed by atoms with Crippen LogP contribution in [0.2, 0.25) is 0 Å². The van der Waals surface area contributed by atoms with Crippen molar-refractivity contribution in [1.29, 1.82) is 0 Å². The topological polar surface area (TPSA) is 57.2 Å². The standard InChI is InChI=1S/C28H44O3S.K/c1-3-5-7-9-11-13-15-18-24-20-17-21-25-22-26(19-16-14-12-10-8-6-4-2)28(23-27(24)25)32(29,30)31;/h17,20-23H,3-16,18-19H2,1-2H3,(H,29,30,31);/q;+1/p-1. The molecule has 0 unspecified atom stereocenters. The van der Waals surface area contributed by atoms with Crippen molar-refractivity contribution in [3.05, 3.63) is 41.5 Å². The minimum atomic E-state index is -4.48. The van der Waals surface area contributed by atoms with Gasteiger partial charge in [0.2, 0.25) is 0 Å². The second kappa shape index (κ2) is 17.6. The van der Waals surface area contributed by atoms with Crippen LogP contribution in [0.1, 0.15) is 115 Å². The van der Waals surface area contributed by atoms with Gasteiger partial charge in [0.25, 0.3) is 0 Å². The van der Waals surface area contributed by atoms with Crippen LogP contribution in [0.4, 0.5) is 0 Å². The quantitative estimate of drug-likeness (QED) is 0.168. The van der Waals surface area contributed by atoms with Crippen molar-refractivity contribution in [3.63, 3.8) is 0 Å². The van der Waals surface area contributed by atoms with Crippen LogP contribution in [0.25, 0.3) is 10.8 Å². The Balaban J connectivity index is 0.00000544. The zero-order chi connectivity index (χ0) is 23.2. The van der Waals surface area contributed by atoms with E-state index in [4.69, 9.17) is 0 Å². The van der Waals surface area contributed by atoms with Crippen LogP contribution in [0, 0.1) is 0 Å². The molecule has 180 valence electrons. The number of aryl methyl sites for hydroxylation is 2. The molecular weight excluding hydrogens is 455 g/mol. The molecule has 0 aliphatic heterocycles. The Kier molecular flexibility index (Phi) is 16.7. The SMILES string of the molecule is CCCCCCCCCc1cc2cccc(CCCCCCCCC)c2cc1S(=O)(=O)[O-].[K+]. The molecule has 0 radical (unpaired) electrons. The Morgan fingerprint density at radius 1 is 0.667 bits per heavy atom. The number of unbranched alkanes of at least 4 members (excludes halogenated alkanes) is 12. The third-order valence-electron chi connectivity index (χ3n) is 6.52. The number of fused-ring (bicyclic) bond motifs is 1. The second-order valence-electron chi connectivity index (χ2n) is 9.29. The van der Waals surface area contributed by atoms with E-state index >= 15 is 0 Å². The molecular formula is C28H43KO3S. The molecule has 0 amide bonds. The van der Waals surface area contributed by atoms with E-state index in [9.17, 15) is 13.0 Å². The third-order valence-corrected chi connectivity index (χ3v) is 7.44. The first kappa shape index (κ1) is 31.3. The maximum Gasteiger partial charge on any atom is 1.00 e. The smallest absolute Gasteiger partial charge is 0.744 e. The van der Waals surface area contributed by atoms with Crippen molar-refractivity contribution in [1.82, 2.24) is 0 Å². The molecule has 5 heteroatoms. The minimum Gasteiger partial charge on any atom is -0.744 e. The molecule has 2 aromatic rings. The number of rotatable bonds is 17. The fourth-order valence-electron chi connectivity index (χ4n) is 4.61. The fourth-order valence-corrected chi connectivity index (χ4v) is 5.35. The molecule has 2 aromatic carbocycles. The maximum absolute atomic E-state index is 12.0. The molecule has 0 bridgehead atoms. The van der Waals surface area contributed by atoms with Crippen LogP contribution in [0.5, 0.6) is 0 Å². The Morgan fingerprint density at radius 2 is 1.15 bits per heavy atom. The molecule has 0 heterocycles. The summed E-state index contributed by atoms with van der Waals surface area (Å²) in [6.07, 6.45) is 18.6. The first-order valence-electron chi connectivity index (χ1n) is 13.0. The van der Waals surface area contributed by atoms with Crippen LogP contribution >= 0.6 is 0 Å². The van der Waals surface area contributed by atoms with E-state index in [1.807, 2.05) is 12.1 Å². The van der Waals surface area contributed by atoms with Crippen LogP contribution in [0.3, 0.4) is 0 Å². The van der Waals surface area contributed by atoms with E-state index in [1.165, 1.54) is 70.6 Å². The van der Waals surface area contributed by atoms with Gasteiger partial charge >= 0.3 is 51.4 Å². The van der Waals surface area contributed by atoms with Crippen molar-refractivity contribution in [2.75, 3.05) is 0 Å². The van der Waals surface area contributed by atoms with Crippen molar-refractivity contribution >= 4 is 20.9 Å². The van der Waals surface area contributed by atoms with Crippen LogP contribution in [0.15, 0.2) is 35.2 Å². The van der Waals surface area contributed by atoms with Gasteiger partial charge in [-0.2, -0.15) is 0 Å². The summed E-state index contributed by atoms with van der Waals surface area (Å²) < 4.78 is 36.1. The van der Waals surface area contributed by atoms with Gasteiger partial charge in [0.1, 0.15) is 10.1 Å². The predicted molar refractivity (Wildman–Crippen MR) is 135 cm³/mol.